The molecule has 2 heterocycles. The molecule has 2 aromatic heterocycles. The summed E-state index contributed by atoms with van der Waals surface area (Å²) < 4.78 is 7.81. The third-order valence-corrected chi connectivity index (χ3v) is 2.59. The molecule has 2 aromatic rings. The van der Waals surface area contributed by atoms with Crippen LogP contribution in [-0.2, 0) is 13.6 Å². The first-order chi connectivity index (χ1) is 7.74. The summed E-state index contributed by atoms with van der Waals surface area (Å²) in [6.07, 6.45) is 3.69. The molecule has 3 rings (SSSR count). The minimum Gasteiger partial charge on any atom is -0.339 e. The Morgan fingerprint density at radius 3 is 3.00 bits per heavy atom. The minimum absolute atomic E-state index is 0.183. The average Bonchev–Trinajstić information content (AvgIpc) is 2.96. The lowest BCUT2D eigenvalue weighted by Gasteiger charge is -1.91. The Kier molecular flexibility index (Phi) is 1.92. The van der Waals surface area contributed by atoms with Gasteiger partial charge in [0, 0.05) is 13.0 Å². The van der Waals surface area contributed by atoms with E-state index in [1.165, 1.54) is 15.6 Å². The molecule has 0 aromatic carbocycles. The molecule has 0 bridgehead atoms. The van der Waals surface area contributed by atoms with E-state index in [9.17, 15) is 4.79 Å². The summed E-state index contributed by atoms with van der Waals surface area (Å²) in [4.78, 5) is 15.7. The third kappa shape index (κ3) is 1.54. The van der Waals surface area contributed by atoms with Crippen molar-refractivity contribution in [3.8, 4) is 0 Å². The van der Waals surface area contributed by atoms with Gasteiger partial charge < -0.3 is 4.52 Å². The number of nitrogens with zero attached hydrogens (tertiary/aromatic N) is 5. The Morgan fingerprint density at radius 2 is 2.38 bits per heavy atom. The molecule has 7 nitrogen and oxygen atoms in total. The first kappa shape index (κ1) is 9.32. The van der Waals surface area contributed by atoms with Gasteiger partial charge in [-0.05, 0) is 12.8 Å². The van der Waals surface area contributed by atoms with E-state index < -0.39 is 0 Å². The summed E-state index contributed by atoms with van der Waals surface area (Å²) in [5, 5.41) is 7.75. The fourth-order valence-electron chi connectivity index (χ4n) is 1.49. The Bertz CT molecular complexity index is 562. The summed E-state index contributed by atoms with van der Waals surface area (Å²) in [7, 11) is 1.65. The van der Waals surface area contributed by atoms with E-state index in [2.05, 4.69) is 15.2 Å². The number of hydrogen-bond donors (Lipinski definition) is 0. The second kappa shape index (κ2) is 3.29. The predicted molar refractivity (Wildman–Crippen MR) is 52.8 cm³/mol. The van der Waals surface area contributed by atoms with Crippen molar-refractivity contribution in [2.45, 2.75) is 25.3 Å². The Morgan fingerprint density at radius 1 is 1.56 bits per heavy atom. The fourth-order valence-corrected chi connectivity index (χ4v) is 1.49. The Hall–Kier alpha value is -1.92. The van der Waals surface area contributed by atoms with Crippen LogP contribution in [0, 0.1) is 0 Å². The van der Waals surface area contributed by atoms with Crippen LogP contribution in [0.5, 0.6) is 0 Å². The second-order valence-corrected chi connectivity index (χ2v) is 4.01. The lowest BCUT2D eigenvalue weighted by atomic mass is 10.4. The van der Waals surface area contributed by atoms with Gasteiger partial charge in [-0.1, -0.05) is 5.16 Å². The van der Waals surface area contributed by atoms with Crippen LogP contribution in [0.1, 0.15) is 30.5 Å². The standard InChI is InChI=1S/C9H11N5O2/c1-13-5-10-14(9(13)15)4-7-11-8(16-12-7)6-2-3-6/h5-6H,2-4H2,1H3. The van der Waals surface area contributed by atoms with Gasteiger partial charge in [-0.25, -0.2) is 9.48 Å². The third-order valence-electron chi connectivity index (χ3n) is 2.59. The lowest BCUT2D eigenvalue weighted by molar-refractivity contribution is 0.372. The molecule has 0 radical (unpaired) electrons. The topological polar surface area (TPSA) is 78.7 Å². The van der Waals surface area contributed by atoms with Crippen LogP contribution in [0.3, 0.4) is 0 Å². The van der Waals surface area contributed by atoms with Crippen molar-refractivity contribution in [2.24, 2.45) is 7.05 Å². The zero-order valence-corrected chi connectivity index (χ0v) is 8.83. The van der Waals surface area contributed by atoms with Gasteiger partial charge in [0.2, 0.25) is 5.89 Å². The number of rotatable bonds is 3. The molecular formula is C9H11N5O2. The van der Waals surface area contributed by atoms with Gasteiger partial charge in [0.25, 0.3) is 0 Å². The van der Waals surface area contributed by atoms with Gasteiger partial charge in [-0.2, -0.15) is 10.1 Å². The van der Waals surface area contributed by atoms with Crippen LogP contribution < -0.4 is 5.69 Å². The molecule has 1 fully saturated rings. The van der Waals surface area contributed by atoms with E-state index in [4.69, 9.17) is 4.52 Å². The van der Waals surface area contributed by atoms with Gasteiger partial charge in [0.1, 0.15) is 12.9 Å². The van der Waals surface area contributed by atoms with E-state index in [-0.39, 0.29) is 12.2 Å². The van der Waals surface area contributed by atoms with E-state index in [1.807, 2.05) is 0 Å². The van der Waals surface area contributed by atoms with Crippen LogP contribution in [0.4, 0.5) is 0 Å². The first-order valence-corrected chi connectivity index (χ1v) is 5.15. The molecule has 0 amide bonds. The number of aryl methyl sites for hydroxylation is 1. The van der Waals surface area contributed by atoms with Crippen molar-refractivity contribution in [3.05, 3.63) is 28.5 Å². The van der Waals surface area contributed by atoms with Gasteiger partial charge >= 0.3 is 5.69 Å². The highest BCUT2D eigenvalue weighted by Gasteiger charge is 2.29. The Balaban J connectivity index is 1.82. The molecule has 84 valence electrons. The average molecular weight is 221 g/mol. The van der Waals surface area contributed by atoms with Crippen molar-refractivity contribution in [2.75, 3.05) is 0 Å². The minimum atomic E-state index is -0.183. The molecule has 1 aliphatic carbocycles. The van der Waals surface area contributed by atoms with Crippen molar-refractivity contribution in [1.29, 1.82) is 0 Å². The molecule has 1 saturated carbocycles. The summed E-state index contributed by atoms with van der Waals surface area (Å²) in [5.41, 5.74) is -0.183. The highest BCUT2D eigenvalue weighted by molar-refractivity contribution is 5.01. The molecule has 0 N–H and O–H groups in total. The molecule has 0 saturated heterocycles. The number of aromatic nitrogens is 5. The maximum atomic E-state index is 11.5. The quantitative estimate of drug-likeness (QED) is 0.722. The molecule has 1 aliphatic rings. The zero-order chi connectivity index (χ0) is 11.1. The maximum absolute atomic E-state index is 11.5. The summed E-state index contributed by atoms with van der Waals surface area (Å²) in [6.45, 7) is 0.260. The van der Waals surface area contributed by atoms with Crippen molar-refractivity contribution in [1.82, 2.24) is 24.5 Å². The second-order valence-electron chi connectivity index (χ2n) is 4.01. The van der Waals surface area contributed by atoms with Crippen LogP contribution in [-0.4, -0.2) is 24.5 Å². The van der Waals surface area contributed by atoms with E-state index in [0.29, 0.717) is 17.6 Å². The van der Waals surface area contributed by atoms with Gasteiger partial charge in [-0.15, -0.1) is 0 Å². The fraction of sp³-hybridized carbons (Fsp3) is 0.556. The summed E-state index contributed by atoms with van der Waals surface area (Å²) in [5.74, 6) is 1.61. The lowest BCUT2D eigenvalue weighted by Crippen LogP contribution is -2.23. The zero-order valence-electron chi connectivity index (χ0n) is 8.83. The highest BCUT2D eigenvalue weighted by Crippen LogP contribution is 2.38. The molecule has 16 heavy (non-hydrogen) atoms. The largest absolute Gasteiger partial charge is 0.345 e. The van der Waals surface area contributed by atoms with Crippen LogP contribution in [0.2, 0.25) is 0 Å². The predicted octanol–water partition coefficient (Wildman–Crippen LogP) is -0.110. The van der Waals surface area contributed by atoms with Crippen molar-refractivity contribution >= 4 is 0 Å². The van der Waals surface area contributed by atoms with E-state index in [0.717, 1.165) is 12.8 Å². The van der Waals surface area contributed by atoms with Crippen molar-refractivity contribution in [3.63, 3.8) is 0 Å². The number of hydrogen-bond acceptors (Lipinski definition) is 5. The van der Waals surface area contributed by atoms with E-state index in [1.54, 1.807) is 7.05 Å². The normalized spacial score (nSPS) is 15.6. The summed E-state index contributed by atoms with van der Waals surface area (Å²) in [6, 6.07) is 0. The molecule has 0 unspecified atom stereocenters. The van der Waals surface area contributed by atoms with Crippen molar-refractivity contribution < 1.29 is 4.52 Å². The molecular weight excluding hydrogens is 210 g/mol. The molecule has 0 aliphatic heterocycles. The molecule has 0 spiro atoms. The Labute approximate surface area is 90.7 Å². The van der Waals surface area contributed by atoms with Crippen LogP contribution in [0.25, 0.3) is 0 Å². The molecule has 7 heteroatoms. The smallest absolute Gasteiger partial charge is 0.339 e. The van der Waals surface area contributed by atoms with Gasteiger partial charge in [-0.3, -0.25) is 4.57 Å². The SMILES string of the molecule is Cn1cnn(Cc2noc(C3CC3)n2)c1=O. The van der Waals surface area contributed by atoms with Crippen LogP contribution >= 0.6 is 0 Å². The van der Waals surface area contributed by atoms with Gasteiger partial charge in [0.05, 0.1) is 0 Å². The highest BCUT2D eigenvalue weighted by atomic mass is 16.5. The monoisotopic (exact) mass is 221 g/mol. The van der Waals surface area contributed by atoms with Gasteiger partial charge in [0.15, 0.2) is 5.82 Å². The van der Waals surface area contributed by atoms with Crippen LogP contribution in [0.15, 0.2) is 15.6 Å². The summed E-state index contributed by atoms with van der Waals surface area (Å²) >= 11 is 0. The molecule has 0 atom stereocenters. The first-order valence-electron chi connectivity index (χ1n) is 5.15. The van der Waals surface area contributed by atoms with E-state index >= 15 is 0 Å². The maximum Gasteiger partial charge on any atom is 0.345 e.